The summed E-state index contributed by atoms with van der Waals surface area (Å²) in [4.78, 5) is 0. The fourth-order valence-corrected chi connectivity index (χ4v) is 0. The highest BCUT2D eigenvalue weighted by Gasteiger charge is 1.31. The summed E-state index contributed by atoms with van der Waals surface area (Å²) in [5.41, 5.74) is 3.88. The topological polar surface area (TPSA) is 0 Å². The molecule has 0 saturated heterocycles. The molecular formula is C3HCl. The highest BCUT2D eigenvalue weighted by atomic mass is 35.5. The molecule has 0 unspecified atom stereocenters. The van der Waals surface area contributed by atoms with Gasteiger partial charge >= 0.3 is 0 Å². The molecule has 4 heavy (non-hydrogen) atoms. The highest BCUT2D eigenvalue weighted by Crippen LogP contribution is 1.61. The van der Waals surface area contributed by atoms with Gasteiger partial charge in [-0.2, -0.15) is 0 Å². The number of rotatable bonds is 0. The average Bonchev–Trinajstić information content (AvgIpc) is 1.37. The van der Waals surface area contributed by atoms with Crippen LogP contribution in [-0.2, 0) is 0 Å². The van der Waals surface area contributed by atoms with Gasteiger partial charge in [0.2, 0.25) is 0 Å². The summed E-state index contributed by atoms with van der Waals surface area (Å²) >= 11 is 4.70. The molecular weight excluding hydrogens is 71.5 g/mol. The van der Waals surface area contributed by atoms with E-state index in [0.29, 0.717) is 0 Å². The van der Waals surface area contributed by atoms with Crippen molar-refractivity contribution in [3.63, 3.8) is 0 Å². The molecule has 0 aliphatic heterocycles. The molecule has 20 valence electrons. The molecule has 1 heteroatoms. The van der Waals surface area contributed by atoms with Crippen LogP contribution in [0.3, 0.4) is 0 Å². The third kappa shape index (κ3) is 1.81. The van der Waals surface area contributed by atoms with Gasteiger partial charge < -0.3 is 0 Å². The molecule has 0 aromatic carbocycles. The lowest BCUT2D eigenvalue weighted by Gasteiger charge is -1.31. The van der Waals surface area contributed by atoms with Crippen LogP contribution in [-0.4, -0.2) is 0 Å². The predicted octanol–water partition coefficient (Wildman–Crippen LogP) is 1.13. The van der Waals surface area contributed by atoms with Crippen LogP contribution in [0.15, 0.2) is 5.73 Å². The predicted molar refractivity (Wildman–Crippen MR) is 16.9 cm³/mol. The third-order valence-corrected chi connectivity index (χ3v) is 0.164. The van der Waals surface area contributed by atoms with Gasteiger partial charge in [-0.1, -0.05) is 17.3 Å². The van der Waals surface area contributed by atoms with Crippen LogP contribution in [0.25, 0.3) is 0 Å². The van der Waals surface area contributed by atoms with E-state index in [0.717, 1.165) is 0 Å². The van der Waals surface area contributed by atoms with Crippen LogP contribution in [0.2, 0.25) is 0 Å². The van der Waals surface area contributed by atoms with Gasteiger partial charge in [0.25, 0.3) is 0 Å². The SMILES string of the molecule is [CH]=C=[C]Cl. The van der Waals surface area contributed by atoms with Crippen molar-refractivity contribution in [2.24, 2.45) is 0 Å². The first-order valence-electron chi connectivity index (χ1n) is 0.728. The van der Waals surface area contributed by atoms with Crippen molar-refractivity contribution >= 4 is 11.6 Å². The van der Waals surface area contributed by atoms with Gasteiger partial charge in [-0.25, -0.2) is 0 Å². The fourth-order valence-electron chi connectivity index (χ4n) is 0. The zero-order valence-electron chi connectivity index (χ0n) is 1.96. The minimum absolute atomic E-state index is 1.93. The summed E-state index contributed by atoms with van der Waals surface area (Å²) in [5, 5.41) is 0. The standard InChI is InChI=1S/C3HCl/c1-2-3-4/h1H. The zero-order valence-corrected chi connectivity index (χ0v) is 2.71. The maximum Gasteiger partial charge on any atom is 0.109 e. The van der Waals surface area contributed by atoms with E-state index in [9.17, 15) is 0 Å². The lowest BCUT2D eigenvalue weighted by Crippen LogP contribution is -1.09. The molecule has 2 radical (unpaired) electrons. The van der Waals surface area contributed by atoms with E-state index in [1.54, 1.807) is 0 Å². The molecule has 0 aromatic rings. The third-order valence-electron chi connectivity index (χ3n) is 0.0546. The maximum absolute atomic E-state index is 4.70. The number of hydrogen-bond donors (Lipinski definition) is 0. The second kappa shape index (κ2) is 2.81. The Hall–Kier alpha value is -0.190. The smallest absolute Gasteiger partial charge is 0.0977 e. The Morgan fingerprint density at radius 1 is 1.75 bits per heavy atom. The van der Waals surface area contributed by atoms with E-state index in [4.69, 9.17) is 11.6 Å². The minimum Gasteiger partial charge on any atom is -0.0977 e. The van der Waals surface area contributed by atoms with Crippen molar-refractivity contribution in [3.05, 3.63) is 17.8 Å². The van der Waals surface area contributed by atoms with Crippen molar-refractivity contribution < 1.29 is 0 Å². The number of hydrogen-bond acceptors (Lipinski definition) is 0. The van der Waals surface area contributed by atoms with Crippen molar-refractivity contribution in [1.29, 1.82) is 0 Å². The molecule has 0 rings (SSSR count). The van der Waals surface area contributed by atoms with Crippen LogP contribution in [0, 0.1) is 12.1 Å². The largest absolute Gasteiger partial charge is 0.109 e. The van der Waals surface area contributed by atoms with Gasteiger partial charge in [-0.15, -0.1) is 0 Å². The molecule has 0 bridgehead atoms. The van der Waals surface area contributed by atoms with E-state index in [-0.39, 0.29) is 0 Å². The molecule has 0 heterocycles. The normalized spacial score (nSPS) is 4.25. The molecule has 0 nitrogen and oxygen atoms in total. The fraction of sp³-hybridized carbons (Fsp3) is 0. The first kappa shape index (κ1) is 3.81. The molecule has 0 fully saturated rings. The Kier molecular flexibility index (Phi) is 2.68. The van der Waals surface area contributed by atoms with Gasteiger partial charge in [0.1, 0.15) is 5.54 Å². The molecule has 0 amide bonds. The second-order valence-corrected chi connectivity index (χ2v) is 0.428. The molecule has 0 aliphatic carbocycles. The second-order valence-electron chi connectivity index (χ2n) is 0.239. The lowest BCUT2D eigenvalue weighted by molar-refractivity contribution is 2.27. The van der Waals surface area contributed by atoms with Crippen molar-refractivity contribution in [2.75, 3.05) is 0 Å². The summed E-state index contributed by atoms with van der Waals surface area (Å²) in [6.07, 6.45) is 0. The molecule has 0 spiro atoms. The van der Waals surface area contributed by atoms with Crippen molar-refractivity contribution in [2.45, 2.75) is 0 Å². The van der Waals surface area contributed by atoms with Crippen LogP contribution in [0.4, 0.5) is 0 Å². The quantitative estimate of drug-likeness (QED) is 0.376. The Morgan fingerprint density at radius 2 is 2.00 bits per heavy atom. The number of halogens is 1. The van der Waals surface area contributed by atoms with E-state index >= 15 is 0 Å². The molecule has 0 aliphatic rings. The Labute approximate surface area is 30.4 Å². The van der Waals surface area contributed by atoms with Crippen LogP contribution in [0.1, 0.15) is 0 Å². The Morgan fingerprint density at radius 3 is 2.00 bits per heavy atom. The van der Waals surface area contributed by atoms with Gasteiger partial charge in [0.05, 0.1) is 0 Å². The summed E-state index contributed by atoms with van der Waals surface area (Å²) in [6.45, 7) is 4.53. The molecule has 0 N–H and O–H groups in total. The zero-order chi connectivity index (χ0) is 3.41. The van der Waals surface area contributed by atoms with Gasteiger partial charge in [-0.05, 0) is 6.58 Å². The summed E-state index contributed by atoms with van der Waals surface area (Å²) in [6, 6.07) is 0. The molecule has 0 saturated carbocycles. The Balaban J connectivity index is 3.11. The first-order chi connectivity index (χ1) is 1.91. The first-order valence-corrected chi connectivity index (χ1v) is 1.11. The molecule has 0 aromatic heterocycles. The minimum atomic E-state index is 1.93. The summed E-state index contributed by atoms with van der Waals surface area (Å²) in [5.74, 6) is 0. The maximum atomic E-state index is 4.70. The van der Waals surface area contributed by atoms with E-state index in [2.05, 4.69) is 6.58 Å². The van der Waals surface area contributed by atoms with Crippen molar-refractivity contribution in [1.82, 2.24) is 0 Å². The van der Waals surface area contributed by atoms with E-state index in [1.807, 2.05) is 11.3 Å². The molecule has 0 atom stereocenters. The van der Waals surface area contributed by atoms with Gasteiger partial charge in [0.15, 0.2) is 0 Å². The van der Waals surface area contributed by atoms with Gasteiger partial charge in [-0.3, -0.25) is 0 Å². The van der Waals surface area contributed by atoms with Crippen LogP contribution in [0.5, 0.6) is 0 Å². The Bertz CT molecular complexity index is 41.2. The van der Waals surface area contributed by atoms with Crippen molar-refractivity contribution in [3.8, 4) is 0 Å². The van der Waals surface area contributed by atoms with Gasteiger partial charge in [0, 0.05) is 0 Å². The lowest BCUT2D eigenvalue weighted by atomic mass is 11.0. The average molecular weight is 72.5 g/mol. The summed E-state index contributed by atoms with van der Waals surface area (Å²) in [7, 11) is 0. The highest BCUT2D eigenvalue weighted by molar-refractivity contribution is 6.21. The van der Waals surface area contributed by atoms with Crippen LogP contribution >= 0.6 is 11.6 Å². The monoisotopic (exact) mass is 72.0 g/mol. The summed E-state index contributed by atoms with van der Waals surface area (Å²) < 4.78 is 0. The van der Waals surface area contributed by atoms with E-state index in [1.165, 1.54) is 0 Å². The van der Waals surface area contributed by atoms with Crippen LogP contribution < -0.4 is 0 Å². The van der Waals surface area contributed by atoms with E-state index < -0.39 is 0 Å².